The molecule has 0 heterocycles. The van der Waals surface area contributed by atoms with Crippen LogP contribution in [0.5, 0.6) is 11.5 Å². The first-order valence-corrected chi connectivity index (χ1v) is 3.73. The van der Waals surface area contributed by atoms with Gasteiger partial charge in [-0.15, -0.1) is 0 Å². The number of benzene rings is 1. The molecule has 0 unspecified atom stereocenters. The summed E-state index contributed by atoms with van der Waals surface area (Å²) in [5.74, 6) is 0.412. The van der Waals surface area contributed by atoms with Gasteiger partial charge < -0.3 is 4.74 Å². The van der Waals surface area contributed by atoms with E-state index in [1.165, 1.54) is 6.07 Å². The Hall–Kier alpha value is -1.18. The van der Waals surface area contributed by atoms with Crippen LogP contribution in [-0.4, -0.2) is 6.61 Å². The predicted molar refractivity (Wildman–Crippen MR) is 42.4 cm³/mol. The van der Waals surface area contributed by atoms with Crippen molar-refractivity contribution in [3.05, 3.63) is 24.3 Å². The third-order valence-electron chi connectivity index (χ3n) is 1.31. The van der Waals surface area contributed by atoms with Crippen LogP contribution in [0.2, 0.25) is 0 Å². The van der Waals surface area contributed by atoms with Crippen LogP contribution >= 0.6 is 0 Å². The van der Waals surface area contributed by atoms with Gasteiger partial charge in [-0.25, -0.2) is 0 Å². The van der Waals surface area contributed by atoms with Gasteiger partial charge in [0.1, 0.15) is 0 Å². The molecule has 0 saturated carbocycles. The van der Waals surface area contributed by atoms with Crippen molar-refractivity contribution in [1.82, 2.24) is 0 Å². The van der Waals surface area contributed by atoms with Gasteiger partial charge in [-0.05, 0) is 18.6 Å². The highest BCUT2D eigenvalue weighted by atomic mass is 16.5. The highest BCUT2D eigenvalue weighted by molar-refractivity contribution is 5.37. The monoisotopic (exact) mass is 151 g/mol. The van der Waals surface area contributed by atoms with E-state index in [0.717, 1.165) is 6.42 Å². The largest absolute Gasteiger partial charge is 0.490 e. The summed E-state index contributed by atoms with van der Waals surface area (Å²) in [6.45, 7) is 2.62. The SMILES string of the molecule is CCCOc1ccccc1[O]. The van der Waals surface area contributed by atoms with Crippen molar-refractivity contribution in [3.63, 3.8) is 0 Å². The molecule has 0 spiro atoms. The zero-order valence-corrected chi connectivity index (χ0v) is 6.54. The number of para-hydroxylation sites is 2. The summed E-state index contributed by atoms with van der Waals surface area (Å²) in [5.41, 5.74) is 0. The summed E-state index contributed by atoms with van der Waals surface area (Å²) < 4.78 is 5.17. The molecule has 0 saturated heterocycles. The molecule has 0 aliphatic heterocycles. The highest BCUT2D eigenvalue weighted by Crippen LogP contribution is 2.24. The zero-order chi connectivity index (χ0) is 8.10. The molecular weight excluding hydrogens is 140 g/mol. The normalized spacial score (nSPS) is 9.55. The Morgan fingerprint density at radius 2 is 2.09 bits per heavy atom. The lowest BCUT2D eigenvalue weighted by molar-refractivity contribution is 0.276. The van der Waals surface area contributed by atoms with Crippen molar-refractivity contribution in [2.45, 2.75) is 13.3 Å². The average Bonchev–Trinajstić information content (AvgIpc) is 2.03. The van der Waals surface area contributed by atoms with Crippen LogP contribution in [0, 0.1) is 0 Å². The Balaban J connectivity index is 2.62. The van der Waals surface area contributed by atoms with Gasteiger partial charge >= 0.3 is 0 Å². The van der Waals surface area contributed by atoms with Crippen LogP contribution < -0.4 is 4.74 Å². The lowest BCUT2D eigenvalue weighted by Gasteiger charge is -2.03. The van der Waals surface area contributed by atoms with Gasteiger partial charge in [0.2, 0.25) is 5.75 Å². The van der Waals surface area contributed by atoms with E-state index in [1.807, 2.05) is 6.92 Å². The fourth-order valence-electron chi connectivity index (χ4n) is 0.781. The topological polar surface area (TPSA) is 29.1 Å². The van der Waals surface area contributed by atoms with Crippen molar-refractivity contribution in [1.29, 1.82) is 0 Å². The molecule has 1 aromatic rings. The molecular formula is C9H11O2. The molecule has 0 fully saturated rings. The smallest absolute Gasteiger partial charge is 0.220 e. The van der Waals surface area contributed by atoms with Gasteiger partial charge in [0.05, 0.1) is 6.61 Å². The maximum atomic E-state index is 11.0. The standard InChI is InChI=1S/C9H11O2/c1-2-7-11-9-6-4-3-5-8(9)10/h3-6H,2,7H2,1H3. The first kappa shape index (κ1) is 7.92. The fourth-order valence-corrected chi connectivity index (χ4v) is 0.781. The number of ether oxygens (including phenoxy) is 1. The Morgan fingerprint density at radius 1 is 1.36 bits per heavy atom. The second kappa shape index (κ2) is 3.86. The quantitative estimate of drug-likeness (QED) is 0.652. The summed E-state index contributed by atoms with van der Waals surface area (Å²) in [6, 6.07) is 6.70. The third kappa shape index (κ3) is 2.15. The lowest BCUT2D eigenvalue weighted by Crippen LogP contribution is -1.94. The van der Waals surface area contributed by atoms with E-state index in [9.17, 15) is 5.11 Å². The minimum absolute atomic E-state index is 0.0408. The van der Waals surface area contributed by atoms with E-state index < -0.39 is 0 Å². The predicted octanol–water partition coefficient (Wildman–Crippen LogP) is 2.62. The van der Waals surface area contributed by atoms with Crippen molar-refractivity contribution < 1.29 is 9.84 Å². The van der Waals surface area contributed by atoms with Gasteiger partial charge in [-0.2, -0.15) is 0 Å². The summed E-state index contributed by atoms with van der Waals surface area (Å²) in [5, 5.41) is 11.0. The Labute approximate surface area is 66.4 Å². The summed E-state index contributed by atoms with van der Waals surface area (Å²) in [4.78, 5) is 0. The Bertz CT molecular complexity index is 221. The van der Waals surface area contributed by atoms with Gasteiger partial charge in [-0.1, -0.05) is 19.1 Å². The van der Waals surface area contributed by atoms with Crippen LogP contribution in [0.3, 0.4) is 0 Å². The van der Waals surface area contributed by atoms with Crippen LogP contribution in [0.1, 0.15) is 13.3 Å². The van der Waals surface area contributed by atoms with E-state index in [-0.39, 0.29) is 5.75 Å². The molecule has 59 valence electrons. The summed E-state index contributed by atoms with van der Waals surface area (Å²) >= 11 is 0. The summed E-state index contributed by atoms with van der Waals surface area (Å²) in [6.07, 6.45) is 0.925. The zero-order valence-electron chi connectivity index (χ0n) is 6.54. The molecule has 0 aliphatic carbocycles. The molecule has 2 nitrogen and oxygen atoms in total. The van der Waals surface area contributed by atoms with E-state index in [4.69, 9.17) is 4.74 Å². The maximum absolute atomic E-state index is 11.0. The molecule has 1 radical (unpaired) electrons. The van der Waals surface area contributed by atoms with E-state index in [0.29, 0.717) is 12.4 Å². The first-order chi connectivity index (χ1) is 5.34. The Morgan fingerprint density at radius 3 is 2.73 bits per heavy atom. The van der Waals surface area contributed by atoms with Crippen molar-refractivity contribution in [2.75, 3.05) is 6.61 Å². The molecule has 2 heteroatoms. The molecule has 0 aliphatic rings. The maximum Gasteiger partial charge on any atom is 0.220 e. The fraction of sp³-hybridized carbons (Fsp3) is 0.333. The molecule has 0 amide bonds. The van der Waals surface area contributed by atoms with E-state index >= 15 is 0 Å². The van der Waals surface area contributed by atoms with Gasteiger partial charge in [0.15, 0.2) is 5.75 Å². The van der Waals surface area contributed by atoms with Gasteiger partial charge in [0, 0.05) is 0 Å². The van der Waals surface area contributed by atoms with Crippen molar-refractivity contribution >= 4 is 0 Å². The van der Waals surface area contributed by atoms with Crippen LogP contribution in [0.25, 0.3) is 0 Å². The Kier molecular flexibility index (Phi) is 2.78. The van der Waals surface area contributed by atoms with Crippen LogP contribution in [-0.2, 0) is 5.11 Å². The van der Waals surface area contributed by atoms with Crippen molar-refractivity contribution in [3.8, 4) is 11.5 Å². The minimum atomic E-state index is -0.0408. The third-order valence-corrected chi connectivity index (χ3v) is 1.31. The first-order valence-electron chi connectivity index (χ1n) is 3.73. The average molecular weight is 151 g/mol. The molecule has 11 heavy (non-hydrogen) atoms. The minimum Gasteiger partial charge on any atom is -0.490 e. The second-order valence-electron chi connectivity index (χ2n) is 2.30. The molecule has 0 atom stereocenters. The van der Waals surface area contributed by atoms with Crippen LogP contribution in [0.15, 0.2) is 24.3 Å². The van der Waals surface area contributed by atoms with Gasteiger partial charge in [-0.3, -0.25) is 5.11 Å². The van der Waals surface area contributed by atoms with Gasteiger partial charge in [0.25, 0.3) is 0 Å². The number of rotatable bonds is 3. The molecule has 0 aromatic heterocycles. The van der Waals surface area contributed by atoms with E-state index in [1.54, 1.807) is 18.2 Å². The van der Waals surface area contributed by atoms with Crippen molar-refractivity contribution in [2.24, 2.45) is 0 Å². The molecule has 0 bridgehead atoms. The lowest BCUT2D eigenvalue weighted by atomic mass is 10.3. The highest BCUT2D eigenvalue weighted by Gasteiger charge is 1.99. The van der Waals surface area contributed by atoms with E-state index in [2.05, 4.69) is 0 Å². The number of hydrogen-bond acceptors (Lipinski definition) is 1. The second-order valence-corrected chi connectivity index (χ2v) is 2.30. The molecule has 1 aromatic carbocycles. The summed E-state index contributed by atoms with van der Waals surface area (Å²) in [7, 11) is 0. The van der Waals surface area contributed by atoms with Crippen LogP contribution in [0.4, 0.5) is 0 Å². The molecule has 0 N–H and O–H groups in total. The molecule has 1 rings (SSSR count). The number of hydrogen-bond donors (Lipinski definition) is 0.